The van der Waals surface area contributed by atoms with Gasteiger partial charge in [0.1, 0.15) is 6.61 Å². The van der Waals surface area contributed by atoms with Crippen LogP contribution < -0.4 is 15.2 Å². The summed E-state index contributed by atoms with van der Waals surface area (Å²) < 4.78 is 15.5. The summed E-state index contributed by atoms with van der Waals surface area (Å²) in [4.78, 5) is 12.5. The molecule has 0 atom stereocenters. The first-order chi connectivity index (χ1) is 15.7. The van der Waals surface area contributed by atoms with Gasteiger partial charge in [-0.15, -0.1) is 10.2 Å². The van der Waals surface area contributed by atoms with Crippen LogP contribution in [0.2, 0.25) is 0 Å². The highest BCUT2D eigenvalue weighted by atomic mass is 16.5. The van der Waals surface area contributed by atoms with Crippen LogP contribution in [0.4, 0.5) is 0 Å². The van der Waals surface area contributed by atoms with Crippen LogP contribution >= 0.6 is 0 Å². The predicted molar refractivity (Wildman–Crippen MR) is 126 cm³/mol. The second-order valence-corrected chi connectivity index (χ2v) is 6.08. The molecule has 2 aromatic heterocycles. The maximum Gasteiger partial charge on any atom is 0.353 e. The topological polar surface area (TPSA) is 76.1 Å². The summed E-state index contributed by atoms with van der Waals surface area (Å²) in [6.07, 6.45) is 1.84. The first-order valence-corrected chi connectivity index (χ1v) is 10.7. The van der Waals surface area contributed by atoms with Crippen molar-refractivity contribution >= 4 is 0 Å². The Hall–Kier alpha value is -3.81. The number of aryl methyl sites for hydroxylation is 1. The van der Waals surface area contributed by atoms with Crippen LogP contribution in [-0.4, -0.2) is 31.2 Å². The van der Waals surface area contributed by atoms with E-state index in [9.17, 15) is 4.79 Å². The van der Waals surface area contributed by atoms with Gasteiger partial charge in [-0.05, 0) is 18.2 Å². The van der Waals surface area contributed by atoms with Gasteiger partial charge in [0, 0.05) is 24.9 Å². The largest absolute Gasteiger partial charge is 0.472 e. The van der Waals surface area contributed by atoms with Crippen molar-refractivity contribution < 1.29 is 9.47 Å². The van der Waals surface area contributed by atoms with Crippen LogP contribution in [0.15, 0.2) is 71.7 Å². The average molecular weight is 438 g/mol. The summed E-state index contributed by atoms with van der Waals surface area (Å²) in [6.45, 7) is 8.24. The van der Waals surface area contributed by atoms with Crippen molar-refractivity contribution in [3.8, 4) is 23.3 Å². The van der Waals surface area contributed by atoms with Crippen LogP contribution in [0.1, 0.15) is 33.3 Å². The highest BCUT2D eigenvalue weighted by Gasteiger charge is 2.16. The molecule has 0 spiro atoms. The number of nitrogens with zero attached hydrogens (tertiary/aromatic N) is 5. The van der Waals surface area contributed by atoms with Crippen LogP contribution in [0.25, 0.3) is 11.4 Å². The summed E-state index contributed by atoms with van der Waals surface area (Å²) >= 11 is 0. The Morgan fingerprint density at radius 3 is 2.22 bits per heavy atom. The molecule has 0 saturated carbocycles. The van der Waals surface area contributed by atoms with Gasteiger partial charge in [0.2, 0.25) is 5.88 Å². The fourth-order valence-electron chi connectivity index (χ4n) is 2.89. The molecular formula is C24H31N5O3. The molecule has 0 radical (unpaired) electrons. The number of aromatic nitrogens is 5. The van der Waals surface area contributed by atoms with Gasteiger partial charge in [-0.1, -0.05) is 64.1 Å². The third-order valence-electron chi connectivity index (χ3n) is 4.27. The van der Waals surface area contributed by atoms with E-state index in [1.165, 1.54) is 16.4 Å². The van der Waals surface area contributed by atoms with E-state index in [0.29, 0.717) is 11.6 Å². The van der Waals surface area contributed by atoms with E-state index < -0.39 is 0 Å². The average Bonchev–Trinajstić information content (AvgIpc) is 3.45. The molecule has 0 saturated heterocycles. The predicted octanol–water partition coefficient (Wildman–Crippen LogP) is 4.40. The van der Waals surface area contributed by atoms with Gasteiger partial charge in [-0.3, -0.25) is 0 Å². The molecule has 8 heteroatoms. The minimum atomic E-state index is -0.294. The second-order valence-electron chi connectivity index (χ2n) is 6.08. The third-order valence-corrected chi connectivity index (χ3v) is 4.27. The molecular weight excluding hydrogens is 406 g/mol. The normalized spacial score (nSPS) is 9.81. The maximum absolute atomic E-state index is 12.5. The Morgan fingerprint density at radius 1 is 0.875 bits per heavy atom. The lowest BCUT2D eigenvalue weighted by Crippen LogP contribution is -2.22. The fraction of sp³-hybridized carbons (Fsp3) is 0.292. The number of rotatable bonds is 6. The van der Waals surface area contributed by atoms with Crippen molar-refractivity contribution in [2.45, 2.75) is 34.3 Å². The van der Waals surface area contributed by atoms with Gasteiger partial charge in [-0.2, -0.15) is 0 Å². The lowest BCUT2D eigenvalue weighted by Gasteiger charge is -2.11. The van der Waals surface area contributed by atoms with Crippen LogP contribution in [0, 0.1) is 0 Å². The van der Waals surface area contributed by atoms with Gasteiger partial charge in [0.15, 0.2) is 0 Å². The molecule has 4 aromatic rings. The number of ether oxygens (including phenoxy) is 2. The smallest absolute Gasteiger partial charge is 0.353 e. The summed E-state index contributed by atoms with van der Waals surface area (Å²) in [7, 11) is 3.06. The van der Waals surface area contributed by atoms with E-state index in [0.717, 1.165) is 11.3 Å². The fourth-order valence-corrected chi connectivity index (χ4v) is 2.89. The maximum atomic E-state index is 12.5. The van der Waals surface area contributed by atoms with E-state index in [-0.39, 0.29) is 18.3 Å². The molecule has 0 fully saturated rings. The Bertz CT molecular complexity index is 1150. The molecule has 2 heterocycles. The first-order valence-electron chi connectivity index (χ1n) is 10.7. The highest BCUT2D eigenvalue weighted by molar-refractivity contribution is 5.42. The highest BCUT2D eigenvalue weighted by Crippen LogP contribution is 2.20. The zero-order valence-corrected chi connectivity index (χ0v) is 19.5. The molecule has 170 valence electrons. The van der Waals surface area contributed by atoms with Crippen molar-refractivity contribution in [3.05, 3.63) is 82.9 Å². The Morgan fingerprint density at radius 2 is 1.53 bits per heavy atom. The van der Waals surface area contributed by atoms with E-state index in [1.807, 2.05) is 88.5 Å². The van der Waals surface area contributed by atoms with E-state index in [4.69, 9.17) is 9.47 Å². The number of benzene rings is 2. The van der Waals surface area contributed by atoms with E-state index in [1.54, 1.807) is 17.8 Å². The van der Waals surface area contributed by atoms with Gasteiger partial charge in [0.25, 0.3) is 0 Å². The molecule has 2 aromatic carbocycles. The standard InChI is InChI=1S/C20H19N5O3.2C2H6/c1-23-20(26)25(19(22-23)27-2)17-11-7-6-8-15(17)14-28-18-12-13-24(21-18)16-9-4-3-5-10-16;2*1-2/h3-13H,14H2,1-2H3;2*1-2H3. The summed E-state index contributed by atoms with van der Waals surface area (Å²) in [5, 5.41) is 8.53. The lowest BCUT2D eigenvalue weighted by atomic mass is 10.2. The van der Waals surface area contributed by atoms with Crippen LogP contribution in [-0.2, 0) is 13.7 Å². The van der Waals surface area contributed by atoms with Crippen molar-refractivity contribution in [2.75, 3.05) is 7.11 Å². The van der Waals surface area contributed by atoms with Crippen molar-refractivity contribution in [1.29, 1.82) is 0 Å². The van der Waals surface area contributed by atoms with Gasteiger partial charge in [-0.25, -0.2) is 18.7 Å². The number of para-hydroxylation sites is 2. The van der Waals surface area contributed by atoms with E-state index in [2.05, 4.69) is 10.2 Å². The zero-order valence-electron chi connectivity index (χ0n) is 19.5. The Balaban J connectivity index is 0.000000860. The molecule has 4 rings (SSSR count). The monoisotopic (exact) mass is 437 g/mol. The molecule has 0 aliphatic heterocycles. The van der Waals surface area contributed by atoms with Crippen molar-refractivity contribution in [1.82, 2.24) is 24.1 Å². The van der Waals surface area contributed by atoms with Gasteiger partial charge in [0.05, 0.1) is 18.5 Å². The first kappa shape index (κ1) is 24.5. The molecule has 0 bridgehead atoms. The van der Waals surface area contributed by atoms with E-state index >= 15 is 0 Å². The van der Waals surface area contributed by atoms with Crippen molar-refractivity contribution in [2.24, 2.45) is 7.05 Å². The zero-order chi connectivity index (χ0) is 23.5. The minimum Gasteiger partial charge on any atom is -0.472 e. The number of hydrogen-bond acceptors (Lipinski definition) is 5. The quantitative estimate of drug-likeness (QED) is 0.447. The number of methoxy groups -OCH3 is 1. The molecule has 0 unspecified atom stereocenters. The van der Waals surface area contributed by atoms with Crippen molar-refractivity contribution in [3.63, 3.8) is 0 Å². The molecule has 0 aliphatic rings. The SMILES string of the molecule is CC.CC.COc1nn(C)c(=O)n1-c1ccccc1COc1ccn(-c2ccccc2)n1. The third kappa shape index (κ3) is 5.46. The molecule has 0 amide bonds. The Labute approximate surface area is 188 Å². The summed E-state index contributed by atoms with van der Waals surface area (Å²) in [5.74, 6) is 0.490. The van der Waals surface area contributed by atoms with Gasteiger partial charge >= 0.3 is 11.7 Å². The molecule has 32 heavy (non-hydrogen) atoms. The summed E-state index contributed by atoms with van der Waals surface area (Å²) in [5.41, 5.74) is 2.12. The van der Waals surface area contributed by atoms with Crippen LogP contribution in [0.3, 0.4) is 0 Å². The van der Waals surface area contributed by atoms with Gasteiger partial charge < -0.3 is 9.47 Å². The summed E-state index contributed by atoms with van der Waals surface area (Å²) in [6, 6.07) is 19.3. The molecule has 0 N–H and O–H groups in total. The molecule has 0 aliphatic carbocycles. The molecule has 8 nitrogen and oxygen atoms in total. The van der Waals surface area contributed by atoms with Crippen LogP contribution in [0.5, 0.6) is 11.9 Å². The lowest BCUT2D eigenvalue weighted by molar-refractivity contribution is 0.291. The number of hydrogen-bond donors (Lipinski definition) is 0. The minimum absolute atomic E-state index is 0.216. The second kappa shape index (κ2) is 12.1. The Kier molecular flexibility index (Phi) is 9.28.